The molecule has 4 heteroatoms. The predicted molar refractivity (Wildman–Crippen MR) is 103 cm³/mol. The molecule has 3 aromatic rings. The first-order chi connectivity index (χ1) is 13.2. The molecular formula is C23H20O4. The van der Waals surface area contributed by atoms with Gasteiger partial charge in [-0.15, -0.1) is 0 Å². The molecule has 0 bridgehead atoms. The zero-order chi connectivity index (χ0) is 19.1. The molecule has 0 aromatic heterocycles. The van der Waals surface area contributed by atoms with Crippen LogP contribution in [0.3, 0.4) is 0 Å². The third-order valence-corrected chi connectivity index (χ3v) is 3.97. The van der Waals surface area contributed by atoms with Gasteiger partial charge in [-0.05, 0) is 48.4 Å². The second-order valence-corrected chi connectivity index (χ2v) is 6.04. The molecule has 0 aliphatic rings. The fraction of sp³-hybridized carbons (Fsp3) is 0.130. The normalized spacial score (nSPS) is 10.3. The van der Waals surface area contributed by atoms with Crippen LogP contribution in [0.25, 0.3) is 0 Å². The summed E-state index contributed by atoms with van der Waals surface area (Å²) in [5, 5.41) is 0. The average Bonchev–Trinajstić information content (AvgIpc) is 2.71. The molecule has 4 nitrogen and oxygen atoms in total. The molecule has 0 spiro atoms. The standard InChI is InChI=1S/C23H20O4/c1-2-9-17-14-15-20(26-22(24)18-10-5-3-6-11-18)21(16-17)27-23(25)19-12-7-4-8-13-19/h3-8,10-16H,2,9H2,1H3. The molecule has 0 saturated heterocycles. The Labute approximate surface area is 158 Å². The minimum absolute atomic E-state index is 0.216. The van der Waals surface area contributed by atoms with Gasteiger partial charge in [0, 0.05) is 0 Å². The SMILES string of the molecule is CCCc1ccc(OC(=O)c2ccccc2)c(OC(=O)c2ccccc2)c1. The number of rotatable bonds is 6. The topological polar surface area (TPSA) is 52.6 Å². The third-order valence-electron chi connectivity index (χ3n) is 3.97. The first kappa shape index (κ1) is 18.4. The summed E-state index contributed by atoms with van der Waals surface area (Å²) in [5.74, 6) is -0.552. The lowest BCUT2D eigenvalue weighted by molar-refractivity contribution is 0.0682. The Morgan fingerprint density at radius 3 is 1.74 bits per heavy atom. The lowest BCUT2D eigenvalue weighted by Gasteiger charge is -2.12. The van der Waals surface area contributed by atoms with E-state index in [1.807, 2.05) is 18.2 Å². The maximum atomic E-state index is 12.4. The van der Waals surface area contributed by atoms with Gasteiger partial charge in [-0.1, -0.05) is 55.8 Å². The van der Waals surface area contributed by atoms with Crippen molar-refractivity contribution in [1.29, 1.82) is 0 Å². The number of esters is 2. The molecule has 136 valence electrons. The number of aryl methyl sites for hydroxylation is 1. The first-order valence-corrected chi connectivity index (χ1v) is 8.84. The number of ether oxygens (including phenoxy) is 2. The Balaban J connectivity index is 1.86. The molecule has 0 saturated carbocycles. The quantitative estimate of drug-likeness (QED) is 0.454. The van der Waals surface area contributed by atoms with Crippen molar-refractivity contribution in [3.05, 3.63) is 95.6 Å². The number of benzene rings is 3. The van der Waals surface area contributed by atoms with Gasteiger partial charge in [-0.3, -0.25) is 0 Å². The smallest absolute Gasteiger partial charge is 0.343 e. The lowest BCUT2D eigenvalue weighted by Crippen LogP contribution is -2.12. The van der Waals surface area contributed by atoms with Crippen LogP contribution in [0.15, 0.2) is 78.9 Å². The summed E-state index contributed by atoms with van der Waals surface area (Å²) in [4.78, 5) is 24.8. The van der Waals surface area contributed by atoms with E-state index in [0.717, 1.165) is 18.4 Å². The first-order valence-electron chi connectivity index (χ1n) is 8.84. The van der Waals surface area contributed by atoms with Crippen molar-refractivity contribution in [1.82, 2.24) is 0 Å². The van der Waals surface area contributed by atoms with Crippen molar-refractivity contribution in [2.45, 2.75) is 19.8 Å². The highest BCUT2D eigenvalue weighted by Crippen LogP contribution is 2.30. The van der Waals surface area contributed by atoms with Gasteiger partial charge in [-0.25, -0.2) is 9.59 Å². The van der Waals surface area contributed by atoms with Gasteiger partial charge < -0.3 is 9.47 Å². The minimum atomic E-state index is -0.504. The Morgan fingerprint density at radius 1 is 0.704 bits per heavy atom. The van der Waals surface area contributed by atoms with Crippen molar-refractivity contribution < 1.29 is 19.1 Å². The van der Waals surface area contributed by atoms with E-state index in [9.17, 15) is 9.59 Å². The molecule has 3 aromatic carbocycles. The molecule has 0 aliphatic carbocycles. The van der Waals surface area contributed by atoms with E-state index in [1.165, 1.54) is 0 Å². The van der Waals surface area contributed by atoms with E-state index in [-0.39, 0.29) is 11.5 Å². The highest BCUT2D eigenvalue weighted by atomic mass is 16.6. The highest BCUT2D eigenvalue weighted by Gasteiger charge is 2.16. The molecule has 0 heterocycles. The Morgan fingerprint density at radius 2 is 1.22 bits per heavy atom. The van der Waals surface area contributed by atoms with E-state index >= 15 is 0 Å². The zero-order valence-electron chi connectivity index (χ0n) is 15.1. The zero-order valence-corrected chi connectivity index (χ0v) is 15.1. The Bertz CT molecular complexity index is 918. The van der Waals surface area contributed by atoms with E-state index in [0.29, 0.717) is 11.1 Å². The summed E-state index contributed by atoms with van der Waals surface area (Å²) in [6.45, 7) is 2.07. The van der Waals surface area contributed by atoms with Crippen LogP contribution in [0.1, 0.15) is 39.6 Å². The summed E-state index contributed by atoms with van der Waals surface area (Å²) in [5.41, 5.74) is 1.86. The number of carbonyl (C=O) groups excluding carboxylic acids is 2. The van der Waals surface area contributed by atoms with Gasteiger partial charge in [0.05, 0.1) is 11.1 Å². The number of carbonyl (C=O) groups is 2. The van der Waals surface area contributed by atoms with E-state index in [2.05, 4.69) is 6.92 Å². The minimum Gasteiger partial charge on any atom is -0.419 e. The van der Waals surface area contributed by atoms with Crippen LogP contribution in [0.4, 0.5) is 0 Å². The molecule has 3 rings (SSSR count). The monoisotopic (exact) mass is 360 g/mol. The number of hydrogen-bond acceptors (Lipinski definition) is 4. The summed E-state index contributed by atoms with van der Waals surface area (Å²) >= 11 is 0. The molecular weight excluding hydrogens is 340 g/mol. The highest BCUT2D eigenvalue weighted by molar-refractivity contribution is 5.93. The summed E-state index contributed by atoms with van der Waals surface area (Å²) in [6.07, 6.45) is 1.79. The third kappa shape index (κ3) is 4.82. The number of hydrogen-bond donors (Lipinski definition) is 0. The van der Waals surface area contributed by atoms with Crippen LogP contribution in [0, 0.1) is 0 Å². The van der Waals surface area contributed by atoms with Crippen LogP contribution < -0.4 is 9.47 Å². The fourth-order valence-corrected chi connectivity index (χ4v) is 2.63. The lowest BCUT2D eigenvalue weighted by atomic mass is 10.1. The summed E-state index contributed by atoms with van der Waals surface area (Å²) in [6, 6.07) is 22.7. The van der Waals surface area contributed by atoms with E-state index < -0.39 is 11.9 Å². The van der Waals surface area contributed by atoms with Crippen LogP contribution in [-0.2, 0) is 6.42 Å². The molecule has 0 N–H and O–H groups in total. The molecule has 0 atom stereocenters. The van der Waals surface area contributed by atoms with Gasteiger partial charge in [-0.2, -0.15) is 0 Å². The second-order valence-electron chi connectivity index (χ2n) is 6.04. The van der Waals surface area contributed by atoms with Crippen molar-refractivity contribution in [3.63, 3.8) is 0 Å². The maximum absolute atomic E-state index is 12.4. The molecule has 0 radical (unpaired) electrons. The fourth-order valence-electron chi connectivity index (χ4n) is 2.63. The second kappa shape index (κ2) is 8.81. The van der Waals surface area contributed by atoms with Crippen molar-refractivity contribution in [2.24, 2.45) is 0 Å². The molecule has 0 amide bonds. The summed E-state index contributed by atoms with van der Waals surface area (Å²) in [7, 11) is 0. The predicted octanol–water partition coefficient (Wildman–Crippen LogP) is 5.08. The average molecular weight is 360 g/mol. The van der Waals surface area contributed by atoms with Gasteiger partial charge in [0.2, 0.25) is 0 Å². The largest absolute Gasteiger partial charge is 0.419 e. The van der Waals surface area contributed by atoms with Crippen LogP contribution in [-0.4, -0.2) is 11.9 Å². The van der Waals surface area contributed by atoms with Crippen LogP contribution in [0.2, 0.25) is 0 Å². The van der Waals surface area contributed by atoms with Gasteiger partial charge in [0.15, 0.2) is 11.5 Å². The van der Waals surface area contributed by atoms with Crippen LogP contribution >= 0.6 is 0 Å². The summed E-state index contributed by atoms with van der Waals surface area (Å²) < 4.78 is 11.0. The van der Waals surface area contributed by atoms with E-state index in [4.69, 9.17) is 9.47 Å². The van der Waals surface area contributed by atoms with Crippen molar-refractivity contribution in [3.8, 4) is 11.5 Å². The van der Waals surface area contributed by atoms with Crippen LogP contribution in [0.5, 0.6) is 11.5 Å². The maximum Gasteiger partial charge on any atom is 0.343 e. The van der Waals surface area contributed by atoms with E-state index in [1.54, 1.807) is 60.7 Å². The van der Waals surface area contributed by atoms with Crippen molar-refractivity contribution in [2.75, 3.05) is 0 Å². The van der Waals surface area contributed by atoms with Gasteiger partial charge >= 0.3 is 11.9 Å². The van der Waals surface area contributed by atoms with Gasteiger partial charge in [0.1, 0.15) is 0 Å². The molecule has 27 heavy (non-hydrogen) atoms. The molecule has 0 aliphatic heterocycles. The molecule has 0 fully saturated rings. The van der Waals surface area contributed by atoms with Crippen molar-refractivity contribution >= 4 is 11.9 Å². The Kier molecular flexibility index (Phi) is 6.00. The Hall–Kier alpha value is -3.40. The van der Waals surface area contributed by atoms with Gasteiger partial charge in [0.25, 0.3) is 0 Å². The molecule has 0 unspecified atom stereocenters.